The predicted octanol–water partition coefficient (Wildman–Crippen LogP) is 5.30. The standard InChI is InChI=1S/C18H35N/c1-16(17-13-14-17)15-19-18-11-9-7-5-3-2-4-6-8-10-12-18/h16-19H,2-15H2,1H3. The van der Waals surface area contributed by atoms with Crippen molar-refractivity contribution in [3.8, 4) is 0 Å². The van der Waals surface area contributed by atoms with Crippen LogP contribution in [0.3, 0.4) is 0 Å². The number of nitrogens with one attached hydrogen (secondary N) is 1. The summed E-state index contributed by atoms with van der Waals surface area (Å²) in [4.78, 5) is 0. The molecular formula is C18H35N. The molecule has 0 aromatic rings. The lowest BCUT2D eigenvalue weighted by molar-refractivity contribution is 0.365. The SMILES string of the molecule is CC(CNC1CCCCCCCCCCC1)C1CC1. The van der Waals surface area contributed by atoms with Gasteiger partial charge in [-0.05, 0) is 44.1 Å². The highest BCUT2D eigenvalue weighted by molar-refractivity contribution is 4.81. The second-order valence-corrected chi connectivity index (χ2v) is 7.18. The lowest BCUT2D eigenvalue weighted by atomic mass is 9.97. The molecule has 2 saturated carbocycles. The summed E-state index contributed by atoms with van der Waals surface area (Å²) in [5.41, 5.74) is 0. The first-order valence-corrected chi connectivity index (χ1v) is 9.09. The van der Waals surface area contributed by atoms with Gasteiger partial charge in [0, 0.05) is 6.04 Å². The minimum Gasteiger partial charge on any atom is -0.314 e. The van der Waals surface area contributed by atoms with Crippen LogP contribution in [0, 0.1) is 11.8 Å². The van der Waals surface area contributed by atoms with E-state index in [0.29, 0.717) is 0 Å². The Morgan fingerprint density at radius 3 is 1.68 bits per heavy atom. The smallest absolute Gasteiger partial charge is 0.00671 e. The molecule has 0 bridgehead atoms. The first-order valence-electron chi connectivity index (χ1n) is 9.09. The Labute approximate surface area is 120 Å². The van der Waals surface area contributed by atoms with E-state index in [-0.39, 0.29) is 0 Å². The Hall–Kier alpha value is -0.0400. The molecule has 0 heterocycles. The van der Waals surface area contributed by atoms with Gasteiger partial charge in [0.1, 0.15) is 0 Å². The molecule has 112 valence electrons. The molecule has 2 rings (SSSR count). The van der Waals surface area contributed by atoms with Gasteiger partial charge in [-0.2, -0.15) is 0 Å². The minimum absolute atomic E-state index is 0.820. The molecule has 1 unspecified atom stereocenters. The predicted molar refractivity (Wildman–Crippen MR) is 84.5 cm³/mol. The molecule has 1 atom stereocenters. The van der Waals surface area contributed by atoms with E-state index in [4.69, 9.17) is 0 Å². The first-order chi connectivity index (χ1) is 9.36. The molecule has 0 spiro atoms. The van der Waals surface area contributed by atoms with Gasteiger partial charge in [0.25, 0.3) is 0 Å². The van der Waals surface area contributed by atoms with E-state index in [0.717, 1.165) is 17.9 Å². The molecule has 2 aliphatic carbocycles. The van der Waals surface area contributed by atoms with Gasteiger partial charge in [-0.15, -0.1) is 0 Å². The Morgan fingerprint density at radius 1 is 0.737 bits per heavy atom. The van der Waals surface area contributed by atoms with Crippen LogP contribution in [0.1, 0.15) is 90.4 Å². The molecule has 0 amide bonds. The fourth-order valence-corrected chi connectivity index (χ4v) is 3.55. The zero-order valence-electron chi connectivity index (χ0n) is 13.1. The van der Waals surface area contributed by atoms with Crippen LogP contribution in [0.15, 0.2) is 0 Å². The lowest BCUT2D eigenvalue weighted by Crippen LogP contribution is -2.33. The number of rotatable bonds is 4. The molecule has 1 N–H and O–H groups in total. The summed E-state index contributed by atoms with van der Waals surface area (Å²) >= 11 is 0. The highest BCUT2D eigenvalue weighted by Gasteiger charge is 2.27. The van der Waals surface area contributed by atoms with E-state index < -0.39 is 0 Å². The maximum atomic E-state index is 3.89. The monoisotopic (exact) mass is 265 g/mol. The first kappa shape index (κ1) is 15.4. The Bertz CT molecular complexity index is 210. The maximum absolute atomic E-state index is 3.89. The van der Waals surface area contributed by atoms with Crippen molar-refractivity contribution in [2.24, 2.45) is 11.8 Å². The maximum Gasteiger partial charge on any atom is 0.00671 e. The van der Waals surface area contributed by atoms with Gasteiger partial charge < -0.3 is 5.32 Å². The van der Waals surface area contributed by atoms with Gasteiger partial charge >= 0.3 is 0 Å². The van der Waals surface area contributed by atoms with Crippen molar-refractivity contribution < 1.29 is 0 Å². The molecule has 0 aromatic heterocycles. The third-order valence-corrected chi connectivity index (χ3v) is 5.26. The number of hydrogen-bond donors (Lipinski definition) is 1. The van der Waals surface area contributed by atoms with Crippen molar-refractivity contribution in [2.45, 2.75) is 96.4 Å². The second kappa shape index (κ2) is 9.00. The van der Waals surface area contributed by atoms with Crippen molar-refractivity contribution in [2.75, 3.05) is 6.54 Å². The van der Waals surface area contributed by atoms with E-state index in [1.165, 1.54) is 90.0 Å². The highest BCUT2D eigenvalue weighted by atomic mass is 14.9. The summed E-state index contributed by atoms with van der Waals surface area (Å²) in [6.07, 6.45) is 19.1. The summed E-state index contributed by atoms with van der Waals surface area (Å²) in [6, 6.07) is 0.820. The van der Waals surface area contributed by atoms with Gasteiger partial charge in [0.05, 0.1) is 0 Å². The average Bonchev–Trinajstić information content (AvgIpc) is 3.22. The van der Waals surface area contributed by atoms with E-state index in [1.807, 2.05) is 0 Å². The fourth-order valence-electron chi connectivity index (χ4n) is 3.55. The molecule has 0 aliphatic heterocycles. The van der Waals surface area contributed by atoms with Gasteiger partial charge in [-0.3, -0.25) is 0 Å². The molecule has 0 aromatic carbocycles. The normalized spacial score (nSPS) is 26.4. The number of hydrogen-bond acceptors (Lipinski definition) is 1. The molecule has 1 nitrogen and oxygen atoms in total. The minimum atomic E-state index is 0.820. The van der Waals surface area contributed by atoms with E-state index in [9.17, 15) is 0 Å². The Balaban J connectivity index is 1.65. The van der Waals surface area contributed by atoms with E-state index in [1.54, 1.807) is 0 Å². The molecule has 0 saturated heterocycles. The summed E-state index contributed by atoms with van der Waals surface area (Å²) < 4.78 is 0. The summed E-state index contributed by atoms with van der Waals surface area (Å²) in [7, 11) is 0. The second-order valence-electron chi connectivity index (χ2n) is 7.18. The Kier molecular flexibility index (Phi) is 7.27. The average molecular weight is 265 g/mol. The van der Waals surface area contributed by atoms with Crippen LogP contribution in [0.25, 0.3) is 0 Å². The van der Waals surface area contributed by atoms with Gasteiger partial charge in [0.2, 0.25) is 0 Å². The zero-order chi connectivity index (χ0) is 13.3. The zero-order valence-corrected chi connectivity index (χ0v) is 13.1. The van der Waals surface area contributed by atoms with E-state index >= 15 is 0 Å². The summed E-state index contributed by atoms with van der Waals surface area (Å²) in [5, 5.41) is 3.89. The van der Waals surface area contributed by atoms with Crippen LogP contribution in [-0.2, 0) is 0 Å². The largest absolute Gasteiger partial charge is 0.314 e. The van der Waals surface area contributed by atoms with Crippen LogP contribution < -0.4 is 5.32 Å². The molecule has 2 aliphatic rings. The molecule has 19 heavy (non-hydrogen) atoms. The summed E-state index contributed by atoms with van der Waals surface area (Å²) in [6.45, 7) is 3.72. The molecular weight excluding hydrogens is 230 g/mol. The Morgan fingerprint density at radius 2 is 1.21 bits per heavy atom. The van der Waals surface area contributed by atoms with Crippen molar-refractivity contribution in [3.05, 3.63) is 0 Å². The van der Waals surface area contributed by atoms with E-state index in [2.05, 4.69) is 12.2 Å². The molecule has 2 fully saturated rings. The van der Waals surface area contributed by atoms with Crippen LogP contribution in [0.2, 0.25) is 0 Å². The quantitative estimate of drug-likeness (QED) is 0.727. The van der Waals surface area contributed by atoms with Gasteiger partial charge in [-0.25, -0.2) is 0 Å². The van der Waals surface area contributed by atoms with Gasteiger partial charge in [0.15, 0.2) is 0 Å². The van der Waals surface area contributed by atoms with Crippen molar-refractivity contribution in [1.29, 1.82) is 0 Å². The third kappa shape index (κ3) is 6.79. The van der Waals surface area contributed by atoms with Crippen molar-refractivity contribution in [1.82, 2.24) is 5.32 Å². The van der Waals surface area contributed by atoms with Crippen LogP contribution >= 0.6 is 0 Å². The van der Waals surface area contributed by atoms with Crippen LogP contribution in [0.5, 0.6) is 0 Å². The summed E-state index contributed by atoms with van der Waals surface area (Å²) in [5.74, 6) is 1.97. The van der Waals surface area contributed by atoms with Crippen molar-refractivity contribution >= 4 is 0 Å². The highest BCUT2D eigenvalue weighted by Crippen LogP contribution is 2.36. The third-order valence-electron chi connectivity index (χ3n) is 5.26. The van der Waals surface area contributed by atoms with Gasteiger partial charge in [-0.1, -0.05) is 64.7 Å². The fraction of sp³-hybridized carbons (Fsp3) is 1.00. The topological polar surface area (TPSA) is 12.0 Å². The van der Waals surface area contributed by atoms with Crippen LogP contribution in [0.4, 0.5) is 0 Å². The molecule has 0 radical (unpaired) electrons. The lowest BCUT2D eigenvalue weighted by Gasteiger charge is -2.22. The molecule has 1 heteroatoms. The van der Waals surface area contributed by atoms with Crippen molar-refractivity contribution in [3.63, 3.8) is 0 Å². The van der Waals surface area contributed by atoms with Crippen LogP contribution in [-0.4, -0.2) is 12.6 Å².